The minimum Gasteiger partial charge on any atom is -0.362 e. The quantitative estimate of drug-likeness (QED) is 0.663. The van der Waals surface area contributed by atoms with Crippen molar-refractivity contribution in [2.45, 2.75) is 38.5 Å². The van der Waals surface area contributed by atoms with Crippen LogP contribution in [0.15, 0.2) is 0 Å². The first-order chi connectivity index (χ1) is 4.27. The van der Waals surface area contributed by atoms with Crippen LogP contribution in [0.5, 0.6) is 0 Å². The van der Waals surface area contributed by atoms with Crippen LogP contribution in [0.4, 0.5) is 13.2 Å². The summed E-state index contributed by atoms with van der Waals surface area (Å²) >= 11 is 0. The number of hydrogen-bond acceptors (Lipinski definition) is 1. The summed E-state index contributed by atoms with van der Waals surface area (Å²) < 4.78 is 36.4. The van der Waals surface area contributed by atoms with Crippen LogP contribution in [0.2, 0.25) is 0 Å². The van der Waals surface area contributed by atoms with E-state index in [9.17, 15) is 13.2 Å². The molecule has 0 aliphatic carbocycles. The van der Waals surface area contributed by atoms with Gasteiger partial charge >= 0.3 is 0 Å². The predicted molar refractivity (Wildman–Crippen MR) is 31.6 cm³/mol. The summed E-state index contributed by atoms with van der Waals surface area (Å²) in [6.45, 7) is 1.89. The van der Waals surface area contributed by atoms with Gasteiger partial charge in [-0.2, -0.15) is 0 Å². The Balaban J connectivity index is 3.89. The first kappa shape index (κ1) is 9.75. The molecule has 4 heteroatoms. The summed E-state index contributed by atoms with van der Waals surface area (Å²) in [4.78, 5) is 0. The molecule has 0 rings (SSSR count). The average Bonchev–Trinajstić information content (AvgIpc) is 1.60. The summed E-state index contributed by atoms with van der Waals surface area (Å²) in [7, 11) is 0. The van der Waals surface area contributed by atoms with Crippen molar-refractivity contribution in [3.8, 4) is 0 Å². The third kappa shape index (κ3) is 4.61. The van der Waals surface area contributed by atoms with E-state index in [2.05, 4.69) is 0 Å². The van der Waals surface area contributed by atoms with Crippen LogP contribution >= 0.6 is 0 Å². The van der Waals surface area contributed by atoms with Gasteiger partial charge in [-0.1, -0.05) is 6.92 Å². The molecule has 0 heterocycles. The molecule has 1 unspecified atom stereocenters. The van der Waals surface area contributed by atoms with Gasteiger partial charge in [-0.05, 0) is 6.92 Å². The Bertz CT molecular complexity index is 106. The SMILES string of the molecule is CCC(O)(F)CC(C)(F)F. The molecular weight excluding hydrogens is 145 g/mol. The Morgan fingerprint density at radius 2 is 1.70 bits per heavy atom. The van der Waals surface area contributed by atoms with E-state index in [1.807, 2.05) is 0 Å². The van der Waals surface area contributed by atoms with Crippen molar-refractivity contribution in [3.05, 3.63) is 0 Å². The molecule has 0 aliphatic rings. The molecule has 1 N–H and O–H groups in total. The number of hydrogen-bond donors (Lipinski definition) is 1. The molecule has 0 fully saturated rings. The van der Waals surface area contributed by atoms with E-state index in [0.717, 1.165) is 0 Å². The molecule has 0 amide bonds. The second-order valence-electron chi connectivity index (χ2n) is 2.52. The third-order valence-electron chi connectivity index (χ3n) is 1.12. The van der Waals surface area contributed by atoms with Crippen molar-refractivity contribution in [2.75, 3.05) is 0 Å². The van der Waals surface area contributed by atoms with Crippen molar-refractivity contribution in [1.82, 2.24) is 0 Å². The molecule has 0 aromatic carbocycles. The van der Waals surface area contributed by atoms with E-state index >= 15 is 0 Å². The lowest BCUT2D eigenvalue weighted by Crippen LogP contribution is -2.29. The lowest BCUT2D eigenvalue weighted by atomic mass is 10.1. The molecule has 1 atom stereocenters. The smallest absolute Gasteiger partial charge is 0.250 e. The summed E-state index contributed by atoms with van der Waals surface area (Å²) in [6, 6.07) is 0. The molecule has 0 saturated carbocycles. The highest BCUT2D eigenvalue weighted by Crippen LogP contribution is 2.28. The highest BCUT2D eigenvalue weighted by atomic mass is 19.3. The molecule has 0 aliphatic heterocycles. The molecule has 0 radical (unpaired) electrons. The van der Waals surface area contributed by atoms with E-state index in [1.54, 1.807) is 0 Å². The van der Waals surface area contributed by atoms with Gasteiger partial charge in [-0.3, -0.25) is 0 Å². The average molecular weight is 156 g/mol. The Morgan fingerprint density at radius 1 is 1.30 bits per heavy atom. The third-order valence-corrected chi connectivity index (χ3v) is 1.12. The normalized spacial score (nSPS) is 18.6. The Hall–Kier alpha value is -0.250. The van der Waals surface area contributed by atoms with Crippen molar-refractivity contribution in [2.24, 2.45) is 0 Å². The van der Waals surface area contributed by atoms with Crippen molar-refractivity contribution < 1.29 is 18.3 Å². The Morgan fingerprint density at radius 3 is 1.80 bits per heavy atom. The molecule has 1 nitrogen and oxygen atoms in total. The highest BCUT2D eigenvalue weighted by molar-refractivity contribution is 4.71. The standard InChI is InChI=1S/C6H11F3O/c1-3-6(9,10)4-5(2,7)8/h10H,3-4H2,1-2H3. The minimum atomic E-state index is -3.14. The van der Waals surface area contributed by atoms with Gasteiger partial charge in [0.15, 0.2) is 0 Å². The number of aliphatic hydroxyl groups is 1. The van der Waals surface area contributed by atoms with Gasteiger partial charge in [0.05, 0.1) is 6.42 Å². The molecule has 0 spiro atoms. The fourth-order valence-electron chi connectivity index (χ4n) is 0.601. The maximum Gasteiger partial charge on any atom is 0.250 e. The molecule has 0 bridgehead atoms. The van der Waals surface area contributed by atoms with Gasteiger partial charge in [-0.25, -0.2) is 13.2 Å². The molecular formula is C6H11F3O. The first-order valence-corrected chi connectivity index (χ1v) is 3.06. The van der Waals surface area contributed by atoms with Crippen LogP contribution in [-0.2, 0) is 0 Å². The second-order valence-corrected chi connectivity index (χ2v) is 2.52. The number of halogens is 3. The largest absolute Gasteiger partial charge is 0.362 e. The molecule has 10 heavy (non-hydrogen) atoms. The fraction of sp³-hybridized carbons (Fsp3) is 1.00. The summed E-state index contributed by atoms with van der Waals surface area (Å²) in [5.74, 6) is -5.86. The number of rotatable bonds is 3. The summed E-state index contributed by atoms with van der Waals surface area (Å²) in [5, 5.41) is 8.51. The van der Waals surface area contributed by atoms with E-state index in [1.165, 1.54) is 6.92 Å². The van der Waals surface area contributed by atoms with E-state index < -0.39 is 18.2 Å². The minimum absolute atomic E-state index is 0.309. The Labute approximate surface area is 57.9 Å². The zero-order valence-electron chi connectivity index (χ0n) is 6.00. The fourth-order valence-corrected chi connectivity index (χ4v) is 0.601. The van der Waals surface area contributed by atoms with Crippen molar-refractivity contribution in [1.29, 1.82) is 0 Å². The topological polar surface area (TPSA) is 20.2 Å². The van der Waals surface area contributed by atoms with Crippen LogP contribution in [0.25, 0.3) is 0 Å². The highest BCUT2D eigenvalue weighted by Gasteiger charge is 2.36. The molecule has 62 valence electrons. The maximum absolute atomic E-state index is 12.4. The zero-order chi connectivity index (χ0) is 8.41. The molecule has 0 aromatic heterocycles. The van der Waals surface area contributed by atoms with Crippen molar-refractivity contribution >= 4 is 0 Å². The first-order valence-electron chi connectivity index (χ1n) is 3.06. The number of alkyl halides is 3. The molecule has 0 saturated heterocycles. The van der Waals surface area contributed by atoms with Gasteiger partial charge in [0, 0.05) is 6.42 Å². The van der Waals surface area contributed by atoms with Gasteiger partial charge in [0.1, 0.15) is 0 Å². The van der Waals surface area contributed by atoms with Crippen LogP contribution in [0, 0.1) is 0 Å². The second kappa shape index (κ2) is 2.78. The monoisotopic (exact) mass is 156 g/mol. The maximum atomic E-state index is 12.4. The van der Waals surface area contributed by atoms with E-state index in [-0.39, 0.29) is 6.42 Å². The van der Waals surface area contributed by atoms with E-state index in [4.69, 9.17) is 5.11 Å². The lowest BCUT2D eigenvalue weighted by Gasteiger charge is -2.20. The van der Waals surface area contributed by atoms with Crippen molar-refractivity contribution in [3.63, 3.8) is 0 Å². The molecule has 0 aromatic rings. The van der Waals surface area contributed by atoms with Crippen LogP contribution < -0.4 is 0 Å². The van der Waals surface area contributed by atoms with Crippen LogP contribution in [0.1, 0.15) is 26.7 Å². The zero-order valence-corrected chi connectivity index (χ0v) is 6.00. The van der Waals surface area contributed by atoms with Crippen LogP contribution in [-0.4, -0.2) is 16.9 Å². The van der Waals surface area contributed by atoms with Gasteiger partial charge in [0.25, 0.3) is 5.92 Å². The Kier molecular flexibility index (Phi) is 2.71. The summed E-state index contributed by atoms with van der Waals surface area (Å²) in [6.07, 6.45) is -1.44. The van der Waals surface area contributed by atoms with Gasteiger partial charge in [-0.15, -0.1) is 0 Å². The predicted octanol–water partition coefficient (Wildman–Crippen LogP) is 2.10. The van der Waals surface area contributed by atoms with Gasteiger partial charge in [0.2, 0.25) is 5.85 Å². The lowest BCUT2D eigenvalue weighted by molar-refractivity contribution is -0.153. The van der Waals surface area contributed by atoms with E-state index in [0.29, 0.717) is 6.92 Å². The van der Waals surface area contributed by atoms with Crippen LogP contribution in [0.3, 0.4) is 0 Å². The van der Waals surface area contributed by atoms with Gasteiger partial charge < -0.3 is 5.11 Å². The summed E-state index contributed by atoms with van der Waals surface area (Å²) in [5.41, 5.74) is 0.